The number of carbonyl (C=O) groups is 2. The standard InChI is InChI=1S/C15H24O2.2C14H22O2.C13H18O2.C12H16O3.C10H14O/c1-5-12(4)13-8-10-14(11-9-13)17-15(6-2)16-7-3;2*1-5-11(3)13-7-9-14(10-8-13)16-12(4)15-6-2;1-4-10(2)12-5-7-13(8-6-12)15-9-11(3)14;1-4-9(2)10-5-7-11(8-6-10)15-12(13)14-3;1-3-8(2)9-4-6-10(11)7-5-9/h8-12,15H,5-7H2,1-4H3;2*7-12H,5-6H2,1-4H3;5-8,10H,4,9H2,1-3H3;5-9H,4H2,1-3H3;4-8,11H,3H2,1-2H3. The Balaban J connectivity index is 0.000000542. The topological polar surface area (TPSA) is 137 Å². The zero-order valence-corrected chi connectivity index (χ0v) is 58.8. The minimum atomic E-state index is -0.689. The summed E-state index contributed by atoms with van der Waals surface area (Å²) < 4.78 is 47.6. The smallest absolute Gasteiger partial charge is 0.508 e. The molecule has 9 atom stereocenters. The van der Waals surface area contributed by atoms with Gasteiger partial charge < -0.3 is 47.7 Å². The fourth-order valence-corrected chi connectivity index (χ4v) is 8.42. The molecule has 9 unspecified atom stereocenters. The van der Waals surface area contributed by atoms with Gasteiger partial charge in [-0.2, -0.15) is 0 Å². The van der Waals surface area contributed by atoms with E-state index in [1.54, 1.807) is 24.3 Å². The van der Waals surface area contributed by atoms with E-state index in [0.717, 1.165) is 67.9 Å². The third kappa shape index (κ3) is 34.4. The molecule has 0 bridgehead atoms. The first-order valence-corrected chi connectivity index (χ1v) is 33.1. The molecule has 12 heteroatoms. The number of methoxy groups -OCH3 is 1. The van der Waals surface area contributed by atoms with Gasteiger partial charge in [0.15, 0.2) is 24.7 Å². The summed E-state index contributed by atoms with van der Waals surface area (Å²) in [5, 5.41) is 9.01. The van der Waals surface area contributed by atoms with Crippen molar-refractivity contribution in [3.8, 4) is 34.5 Å². The van der Waals surface area contributed by atoms with Crippen molar-refractivity contribution in [1.29, 1.82) is 0 Å². The quantitative estimate of drug-likeness (QED) is 0.0272. The molecule has 0 saturated heterocycles. The molecule has 6 aromatic rings. The van der Waals surface area contributed by atoms with Crippen molar-refractivity contribution in [3.05, 3.63) is 179 Å². The van der Waals surface area contributed by atoms with Crippen molar-refractivity contribution in [2.75, 3.05) is 33.5 Å². The number of rotatable bonds is 29. The van der Waals surface area contributed by atoms with Crippen LogP contribution < -0.4 is 23.7 Å². The highest BCUT2D eigenvalue weighted by molar-refractivity contribution is 5.77. The van der Waals surface area contributed by atoms with Crippen LogP contribution in [0.4, 0.5) is 4.79 Å². The lowest BCUT2D eigenvalue weighted by Gasteiger charge is -2.17. The summed E-state index contributed by atoms with van der Waals surface area (Å²) in [6.45, 7) is 41.8. The number of carbonyl (C=O) groups excluding carboxylic acids is 2. The SMILES string of the molecule is CCC(C)c1ccc(O)cc1.CCC(C)c1ccc(OC(=O)OC)cc1.CCC(C)c1ccc(OCC(C)=O)cc1.CCOC(C)Oc1ccc(C(C)CC)cc1.CCOC(C)Oc1ccc(C(C)CC)cc1.CCOC(CC)Oc1ccc(C(C)CC)cc1. The summed E-state index contributed by atoms with van der Waals surface area (Å²) in [7, 11) is 1.29. The van der Waals surface area contributed by atoms with E-state index in [9.17, 15) is 9.59 Å². The number of phenols is 1. The van der Waals surface area contributed by atoms with Crippen LogP contribution >= 0.6 is 0 Å². The Morgan fingerprint density at radius 2 is 0.622 bits per heavy atom. The minimum absolute atomic E-state index is 0.0426. The Hall–Kier alpha value is -6.86. The zero-order chi connectivity index (χ0) is 67.4. The molecule has 0 fully saturated rings. The van der Waals surface area contributed by atoms with Gasteiger partial charge in [0.1, 0.15) is 41.1 Å². The first kappa shape index (κ1) is 81.2. The van der Waals surface area contributed by atoms with Crippen LogP contribution in [-0.4, -0.2) is 69.5 Å². The Labute approximate surface area is 544 Å². The fourth-order valence-electron chi connectivity index (χ4n) is 8.42. The number of hydrogen-bond acceptors (Lipinski definition) is 12. The molecule has 1 N–H and O–H groups in total. The molecular formula is C78H116O12. The van der Waals surface area contributed by atoms with Gasteiger partial charge in [0.05, 0.1) is 7.11 Å². The van der Waals surface area contributed by atoms with Crippen LogP contribution in [-0.2, 0) is 23.7 Å². The summed E-state index contributed by atoms with van der Waals surface area (Å²) in [5.74, 6) is 7.80. The van der Waals surface area contributed by atoms with Crippen LogP contribution in [0.15, 0.2) is 146 Å². The maximum Gasteiger partial charge on any atom is 0.513 e. The van der Waals surface area contributed by atoms with E-state index in [-0.39, 0.29) is 31.3 Å². The molecule has 0 radical (unpaired) electrons. The van der Waals surface area contributed by atoms with Gasteiger partial charge in [-0.05, 0) is 222 Å². The second kappa shape index (κ2) is 48.0. The van der Waals surface area contributed by atoms with E-state index in [4.69, 9.17) is 43.0 Å². The Bertz CT molecular complexity index is 2650. The zero-order valence-electron chi connectivity index (χ0n) is 58.8. The first-order valence-electron chi connectivity index (χ1n) is 33.1. The molecule has 0 spiro atoms. The van der Waals surface area contributed by atoms with Gasteiger partial charge in [0, 0.05) is 26.2 Å². The molecule has 0 amide bonds. The number of benzene rings is 6. The largest absolute Gasteiger partial charge is 0.513 e. The molecule has 0 aromatic heterocycles. The number of hydrogen-bond donors (Lipinski definition) is 1. The molecule has 12 nitrogen and oxygen atoms in total. The summed E-state index contributed by atoms with van der Waals surface area (Å²) in [5.41, 5.74) is 7.94. The molecule has 0 aliphatic heterocycles. The van der Waals surface area contributed by atoms with Gasteiger partial charge in [0.25, 0.3) is 0 Å². The van der Waals surface area contributed by atoms with E-state index < -0.39 is 6.16 Å². The fraction of sp³-hybridized carbons (Fsp3) is 0.513. The molecule has 0 heterocycles. The van der Waals surface area contributed by atoms with Gasteiger partial charge in [-0.15, -0.1) is 0 Å². The number of Topliss-reactive ketones (excluding diaryl/α,β-unsaturated/α-hetero) is 1. The van der Waals surface area contributed by atoms with Crippen molar-refractivity contribution in [1.82, 2.24) is 0 Å². The Morgan fingerprint density at radius 1 is 0.356 bits per heavy atom. The molecule has 500 valence electrons. The maximum atomic E-state index is 10.8. The van der Waals surface area contributed by atoms with Gasteiger partial charge in [-0.3, -0.25) is 4.79 Å². The van der Waals surface area contributed by atoms with Gasteiger partial charge >= 0.3 is 6.16 Å². The normalized spacial score (nSPS) is 13.5. The highest BCUT2D eigenvalue weighted by Crippen LogP contribution is 2.27. The molecule has 0 saturated carbocycles. The summed E-state index contributed by atoms with van der Waals surface area (Å²) in [6.07, 6.45) is 6.54. The summed E-state index contributed by atoms with van der Waals surface area (Å²) >= 11 is 0. The number of aromatic hydroxyl groups is 1. The van der Waals surface area contributed by atoms with Crippen molar-refractivity contribution < 1.29 is 57.3 Å². The second-order valence-corrected chi connectivity index (χ2v) is 22.5. The average Bonchev–Trinajstić information content (AvgIpc) is 3.78. The molecule has 6 rings (SSSR count). The third-order valence-corrected chi connectivity index (χ3v) is 15.6. The Morgan fingerprint density at radius 3 is 0.878 bits per heavy atom. The van der Waals surface area contributed by atoms with E-state index in [2.05, 4.69) is 143 Å². The predicted molar refractivity (Wildman–Crippen MR) is 372 cm³/mol. The Kier molecular flexibility index (Phi) is 43.3. The molecule has 90 heavy (non-hydrogen) atoms. The number of ketones is 1. The molecule has 6 aromatic carbocycles. The lowest BCUT2D eigenvalue weighted by Crippen LogP contribution is -2.19. The van der Waals surface area contributed by atoms with Gasteiger partial charge in [-0.25, -0.2) is 4.79 Å². The maximum absolute atomic E-state index is 10.8. The predicted octanol–water partition coefficient (Wildman–Crippen LogP) is 21.7. The van der Waals surface area contributed by atoms with Gasteiger partial charge in [0.2, 0.25) is 0 Å². The van der Waals surface area contributed by atoms with E-state index in [0.29, 0.717) is 66.8 Å². The minimum Gasteiger partial charge on any atom is -0.508 e. The van der Waals surface area contributed by atoms with Crippen LogP contribution in [0, 0.1) is 0 Å². The molecule has 0 aliphatic carbocycles. The summed E-state index contributed by atoms with van der Waals surface area (Å²) in [6, 6.07) is 47.8. The lowest BCUT2D eigenvalue weighted by atomic mass is 9.99. The van der Waals surface area contributed by atoms with Crippen LogP contribution in [0.3, 0.4) is 0 Å². The monoisotopic (exact) mass is 1240 g/mol. The van der Waals surface area contributed by atoms with Crippen molar-refractivity contribution in [3.63, 3.8) is 0 Å². The van der Waals surface area contributed by atoms with Crippen molar-refractivity contribution in [2.24, 2.45) is 0 Å². The molecule has 0 aliphatic rings. The van der Waals surface area contributed by atoms with Crippen LogP contribution in [0.2, 0.25) is 0 Å². The van der Waals surface area contributed by atoms with E-state index in [1.165, 1.54) is 47.4 Å². The number of phenolic OH excluding ortho intramolecular Hbond substituents is 1. The van der Waals surface area contributed by atoms with Crippen molar-refractivity contribution >= 4 is 11.9 Å². The summed E-state index contributed by atoms with van der Waals surface area (Å²) in [4.78, 5) is 21.5. The van der Waals surface area contributed by atoms with Crippen LogP contribution in [0.1, 0.15) is 245 Å². The van der Waals surface area contributed by atoms with E-state index >= 15 is 0 Å². The number of ether oxygens (including phenoxy) is 9. The van der Waals surface area contributed by atoms with Crippen molar-refractivity contribution in [2.45, 2.75) is 231 Å². The van der Waals surface area contributed by atoms with Crippen LogP contribution in [0.25, 0.3) is 0 Å². The highest BCUT2D eigenvalue weighted by atomic mass is 16.7. The lowest BCUT2D eigenvalue weighted by molar-refractivity contribution is -0.118. The second-order valence-electron chi connectivity index (χ2n) is 22.5. The average molecular weight is 1250 g/mol. The van der Waals surface area contributed by atoms with E-state index in [1.807, 2.05) is 107 Å². The third-order valence-electron chi connectivity index (χ3n) is 15.6. The van der Waals surface area contributed by atoms with Crippen LogP contribution in [0.5, 0.6) is 34.5 Å². The highest BCUT2D eigenvalue weighted by Gasteiger charge is 2.11. The van der Waals surface area contributed by atoms with Gasteiger partial charge in [-0.1, -0.05) is 163 Å². The first-order chi connectivity index (χ1) is 43.1. The molecular weight excluding hydrogens is 1130 g/mol.